The summed E-state index contributed by atoms with van der Waals surface area (Å²) >= 11 is 0. The summed E-state index contributed by atoms with van der Waals surface area (Å²) in [6.45, 7) is 11.1. The molecule has 0 spiro atoms. The Morgan fingerprint density at radius 3 is 2.22 bits per heavy atom. The van der Waals surface area contributed by atoms with Crippen LogP contribution >= 0.6 is 0 Å². The number of benzene rings is 4. The number of aromatic hydroxyl groups is 1. The van der Waals surface area contributed by atoms with E-state index in [1.807, 2.05) is 37.3 Å². The Morgan fingerprint density at radius 1 is 0.733 bits per heavy atom. The molecule has 6 aromatic rings. The maximum Gasteiger partial charge on any atom is 0.141 e. The first-order chi connectivity index (χ1) is 21.5. The zero-order chi connectivity index (χ0) is 31.6. The van der Waals surface area contributed by atoms with Gasteiger partial charge in [-0.2, -0.15) is 0 Å². The lowest BCUT2D eigenvalue weighted by atomic mass is 9.73. The van der Waals surface area contributed by atoms with E-state index in [4.69, 9.17) is 9.97 Å². The molecule has 0 atom stereocenters. The minimum Gasteiger partial charge on any atom is -0.506 e. The molecule has 224 valence electrons. The van der Waals surface area contributed by atoms with Gasteiger partial charge in [-0.05, 0) is 103 Å². The zero-order valence-corrected chi connectivity index (χ0v) is 27.0. The predicted molar refractivity (Wildman–Crippen MR) is 187 cm³/mol. The molecule has 2 aromatic heterocycles. The van der Waals surface area contributed by atoms with Crippen LogP contribution in [0.15, 0.2) is 97.2 Å². The number of phenols is 1. The van der Waals surface area contributed by atoms with Crippen molar-refractivity contribution in [2.24, 2.45) is 0 Å². The first-order valence-corrected chi connectivity index (χ1v) is 15.4. The molecule has 0 unspecified atom stereocenters. The molecule has 0 saturated heterocycles. The number of aryl methyl sites for hydroxylation is 3. The normalized spacial score (nSPS) is 13.4. The van der Waals surface area contributed by atoms with E-state index in [1.165, 1.54) is 33.4 Å². The Kier molecular flexibility index (Phi) is 6.66. The van der Waals surface area contributed by atoms with Crippen molar-refractivity contribution in [1.29, 1.82) is 0 Å². The van der Waals surface area contributed by atoms with Crippen LogP contribution in [0, 0.1) is 20.8 Å². The SMILES string of the molecule is Cc1cc(C)c(-c2ccnc(N3c4ccccc4C(C)(C)c4ccc(-c5ccc6c(N(C)C)ccc(O)c6n5)cc43)c2)c(C)c1. The van der Waals surface area contributed by atoms with Crippen LogP contribution in [0.3, 0.4) is 0 Å². The van der Waals surface area contributed by atoms with E-state index in [0.717, 1.165) is 45.1 Å². The van der Waals surface area contributed by atoms with Gasteiger partial charge in [0.05, 0.1) is 17.1 Å². The van der Waals surface area contributed by atoms with Crippen LogP contribution in [0.4, 0.5) is 22.9 Å². The standard InChI is InChI=1S/C40H38N4O/c1-24-20-25(2)38(26(3)21-24)28-18-19-41-37(23-28)44-34-11-9-8-10-30(34)40(4,5)31-14-12-27(22-35(31)44)32-15-13-29-33(43(6)7)16-17-36(45)39(29)42-32/h8-23,45H,1-7H3. The number of aromatic nitrogens is 2. The number of hydrogen-bond donors (Lipinski definition) is 1. The molecule has 1 aliphatic heterocycles. The maximum atomic E-state index is 10.8. The molecular weight excluding hydrogens is 552 g/mol. The number of nitrogens with zero attached hydrogens (tertiary/aromatic N) is 4. The van der Waals surface area contributed by atoms with Crippen LogP contribution in [0.1, 0.15) is 41.7 Å². The molecule has 45 heavy (non-hydrogen) atoms. The molecule has 3 heterocycles. The molecule has 7 rings (SSSR count). The molecule has 0 amide bonds. The van der Waals surface area contributed by atoms with Crippen LogP contribution in [-0.4, -0.2) is 29.2 Å². The fourth-order valence-corrected chi connectivity index (χ4v) is 7.19. The van der Waals surface area contributed by atoms with Gasteiger partial charge in [0, 0.05) is 42.3 Å². The number of hydrogen-bond acceptors (Lipinski definition) is 5. The Hall–Kier alpha value is -5.16. The van der Waals surface area contributed by atoms with Gasteiger partial charge in [-0.3, -0.25) is 4.90 Å². The molecule has 0 fully saturated rings. The largest absolute Gasteiger partial charge is 0.506 e. The molecule has 0 aliphatic carbocycles. The third-order valence-corrected chi connectivity index (χ3v) is 9.26. The van der Waals surface area contributed by atoms with Gasteiger partial charge in [-0.15, -0.1) is 0 Å². The van der Waals surface area contributed by atoms with E-state index in [-0.39, 0.29) is 11.2 Å². The molecule has 0 radical (unpaired) electrons. The van der Waals surface area contributed by atoms with Crippen LogP contribution in [-0.2, 0) is 5.41 Å². The lowest BCUT2D eigenvalue weighted by Gasteiger charge is -2.41. The summed E-state index contributed by atoms with van der Waals surface area (Å²) in [4.78, 5) is 14.3. The van der Waals surface area contributed by atoms with Crippen molar-refractivity contribution in [2.45, 2.75) is 40.0 Å². The van der Waals surface area contributed by atoms with E-state index in [0.29, 0.717) is 5.52 Å². The average molecular weight is 591 g/mol. The van der Waals surface area contributed by atoms with E-state index in [9.17, 15) is 5.11 Å². The molecule has 0 bridgehead atoms. The van der Waals surface area contributed by atoms with Crippen molar-refractivity contribution in [1.82, 2.24) is 9.97 Å². The number of phenolic OH excluding ortho intramolecular Hbond substituents is 1. The molecule has 5 heteroatoms. The highest BCUT2D eigenvalue weighted by atomic mass is 16.3. The number of pyridine rings is 2. The second-order valence-corrected chi connectivity index (χ2v) is 13.0. The van der Waals surface area contributed by atoms with Crippen molar-refractivity contribution in [3.63, 3.8) is 0 Å². The lowest BCUT2D eigenvalue weighted by Crippen LogP contribution is -2.31. The lowest BCUT2D eigenvalue weighted by molar-refractivity contribution is 0.480. The number of para-hydroxylation sites is 1. The Balaban J connectivity index is 1.43. The van der Waals surface area contributed by atoms with Gasteiger partial charge in [0.25, 0.3) is 0 Å². The van der Waals surface area contributed by atoms with Crippen molar-refractivity contribution in [3.05, 3.63) is 125 Å². The van der Waals surface area contributed by atoms with Gasteiger partial charge in [-0.25, -0.2) is 9.97 Å². The van der Waals surface area contributed by atoms with Crippen LogP contribution < -0.4 is 9.80 Å². The number of fused-ring (bicyclic) bond motifs is 3. The van der Waals surface area contributed by atoms with E-state index in [1.54, 1.807) is 6.07 Å². The second-order valence-electron chi connectivity index (χ2n) is 13.0. The van der Waals surface area contributed by atoms with Crippen molar-refractivity contribution < 1.29 is 5.11 Å². The Morgan fingerprint density at radius 2 is 1.47 bits per heavy atom. The van der Waals surface area contributed by atoms with E-state index >= 15 is 0 Å². The van der Waals surface area contributed by atoms with Gasteiger partial charge in [0.2, 0.25) is 0 Å². The predicted octanol–water partition coefficient (Wildman–Crippen LogP) is 9.77. The smallest absolute Gasteiger partial charge is 0.141 e. The van der Waals surface area contributed by atoms with Crippen molar-refractivity contribution >= 4 is 33.8 Å². The van der Waals surface area contributed by atoms with Crippen LogP contribution in [0.5, 0.6) is 5.75 Å². The van der Waals surface area contributed by atoms with Crippen LogP contribution in [0.2, 0.25) is 0 Å². The third-order valence-electron chi connectivity index (χ3n) is 9.26. The highest BCUT2D eigenvalue weighted by Gasteiger charge is 2.37. The Labute approximate surface area is 265 Å². The highest BCUT2D eigenvalue weighted by molar-refractivity contribution is 5.97. The summed E-state index contributed by atoms with van der Waals surface area (Å²) in [6, 6.07) is 31.8. The highest BCUT2D eigenvalue weighted by Crippen LogP contribution is 2.52. The van der Waals surface area contributed by atoms with Gasteiger partial charge in [0.15, 0.2) is 0 Å². The third kappa shape index (κ3) is 4.62. The first-order valence-electron chi connectivity index (χ1n) is 15.4. The first kappa shape index (κ1) is 28.6. The van der Waals surface area contributed by atoms with E-state index in [2.05, 4.69) is 112 Å². The molecule has 1 N–H and O–H groups in total. The van der Waals surface area contributed by atoms with Crippen molar-refractivity contribution in [3.8, 4) is 28.1 Å². The maximum absolute atomic E-state index is 10.8. The molecule has 1 aliphatic rings. The minimum absolute atomic E-state index is 0.176. The monoisotopic (exact) mass is 590 g/mol. The van der Waals surface area contributed by atoms with Gasteiger partial charge in [-0.1, -0.05) is 61.9 Å². The topological polar surface area (TPSA) is 52.5 Å². The number of rotatable bonds is 4. The fourth-order valence-electron chi connectivity index (χ4n) is 7.19. The van der Waals surface area contributed by atoms with Gasteiger partial charge >= 0.3 is 0 Å². The molecule has 4 aromatic carbocycles. The average Bonchev–Trinajstić information content (AvgIpc) is 3.01. The van der Waals surface area contributed by atoms with Gasteiger partial charge < -0.3 is 10.0 Å². The van der Waals surface area contributed by atoms with Crippen molar-refractivity contribution in [2.75, 3.05) is 23.9 Å². The fraction of sp³-hybridized carbons (Fsp3) is 0.200. The molecule has 0 saturated carbocycles. The molecule has 5 nitrogen and oxygen atoms in total. The summed E-state index contributed by atoms with van der Waals surface area (Å²) in [7, 11) is 4.00. The summed E-state index contributed by atoms with van der Waals surface area (Å²) in [5, 5.41) is 11.7. The summed E-state index contributed by atoms with van der Waals surface area (Å²) in [5.74, 6) is 1.04. The molecular formula is C40H38N4O. The summed E-state index contributed by atoms with van der Waals surface area (Å²) in [5.41, 5.74) is 14.0. The summed E-state index contributed by atoms with van der Waals surface area (Å²) in [6.07, 6.45) is 1.92. The quantitative estimate of drug-likeness (QED) is 0.221. The Bertz CT molecular complexity index is 2110. The minimum atomic E-state index is -0.224. The van der Waals surface area contributed by atoms with Crippen LogP contribution in [0.25, 0.3) is 33.3 Å². The zero-order valence-electron chi connectivity index (χ0n) is 27.0. The second kappa shape index (κ2) is 10.5. The summed E-state index contributed by atoms with van der Waals surface area (Å²) < 4.78 is 0. The van der Waals surface area contributed by atoms with E-state index < -0.39 is 0 Å². The van der Waals surface area contributed by atoms with Gasteiger partial charge in [0.1, 0.15) is 17.1 Å². The number of anilines is 4.